The third-order valence-corrected chi connectivity index (χ3v) is 13.1. The number of fused-ring (bicyclic) bond motifs is 7. The number of carbonyl (C=O) groups is 1. The SMILES string of the molecule is CC(C)CCCCC1CCC2C3CC=C4CC(OC(=O)c5ccc6cc7ccccc7cc6c5)CCC4(C)C3CCC12C. The van der Waals surface area contributed by atoms with Crippen molar-refractivity contribution >= 4 is 27.5 Å². The molecule has 7 unspecified atom stereocenters. The van der Waals surface area contributed by atoms with Crippen LogP contribution in [-0.2, 0) is 4.74 Å². The highest BCUT2D eigenvalue weighted by molar-refractivity contribution is 6.01. The molecule has 0 aliphatic heterocycles. The Balaban J connectivity index is 1.01. The zero-order chi connectivity index (χ0) is 29.8. The van der Waals surface area contributed by atoms with Gasteiger partial charge in [-0.1, -0.05) is 88.9 Å². The van der Waals surface area contributed by atoms with Crippen molar-refractivity contribution in [2.24, 2.45) is 40.4 Å². The summed E-state index contributed by atoms with van der Waals surface area (Å²) in [6.45, 7) is 9.98. The Bertz CT molecular complexity index is 1530. The number of carbonyl (C=O) groups excluding carboxylic acids is 1. The Morgan fingerprint density at radius 1 is 0.860 bits per heavy atom. The second-order valence-corrected chi connectivity index (χ2v) is 15.8. The fourth-order valence-electron chi connectivity index (χ4n) is 10.5. The van der Waals surface area contributed by atoms with E-state index in [2.05, 4.69) is 76.2 Å². The molecular weight excluding hydrogens is 524 g/mol. The van der Waals surface area contributed by atoms with Crippen molar-refractivity contribution in [2.75, 3.05) is 0 Å². The maximum Gasteiger partial charge on any atom is 0.338 e. The molecule has 0 aromatic heterocycles. The van der Waals surface area contributed by atoms with E-state index < -0.39 is 0 Å². The van der Waals surface area contributed by atoms with Crippen LogP contribution in [0.15, 0.2) is 66.2 Å². The van der Waals surface area contributed by atoms with E-state index in [0.717, 1.165) is 59.6 Å². The van der Waals surface area contributed by atoms with Crippen molar-refractivity contribution in [3.8, 4) is 0 Å². The van der Waals surface area contributed by atoms with Crippen molar-refractivity contribution in [3.05, 3.63) is 71.8 Å². The molecule has 0 bridgehead atoms. The maximum atomic E-state index is 13.4. The quantitative estimate of drug-likeness (QED) is 0.121. The number of unbranched alkanes of at least 4 members (excludes halogenated alkanes) is 1. The highest BCUT2D eigenvalue weighted by Gasteiger charge is 2.58. The van der Waals surface area contributed by atoms with E-state index in [1.54, 1.807) is 5.57 Å². The van der Waals surface area contributed by atoms with Crippen LogP contribution in [0.5, 0.6) is 0 Å². The maximum absolute atomic E-state index is 13.4. The lowest BCUT2D eigenvalue weighted by Crippen LogP contribution is -2.50. The monoisotopic (exact) mass is 576 g/mol. The van der Waals surface area contributed by atoms with E-state index in [9.17, 15) is 4.79 Å². The molecule has 0 N–H and O–H groups in total. The number of esters is 1. The molecule has 0 saturated heterocycles. The summed E-state index contributed by atoms with van der Waals surface area (Å²) in [6, 6.07) is 18.8. The lowest BCUT2D eigenvalue weighted by Gasteiger charge is -2.58. The Kier molecular flexibility index (Phi) is 7.71. The van der Waals surface area contributed by atoms with Gasteiger partial charge in [0.15, 0.2) is 0 Å². The first kappa shape index (κ1) is 29.1. The van der Waals surface area contributed by atoms with Crippen LogP contribution in [0.2, 0.25) is 0 Å². The van der Waals surface area contributed by atoms with E-state index in [1.807, 2.05) is 12.1 Å². The Labute approximate surface area is 259 Å². The summed E-state index contributed by atoms with van der Waals surface area (Å²) >= 11 is 0. The minimum absolute atomic E-state index is 0.00812. The number of hydrogen-bond donors (Lipinski definition) is 0. The fourth-order valence-corrected chi connectivity index (χ4v) is 10.5. The third-order valence-electron chi connectivity index (χ3n) is 13.1. The predicted octanol–water partition coefficient (Wildman–Crippen LogP) is 11.3. The van der Waals surface area contributed by atoms with Gasteiger partial charge in [-0.15, -0.1) is 0 Å². The lowest BCUT2D eigenvalue weighted by atomic mass is 9.47. The van der Waals surface area contributed by atoms with Gasteiger partial charge >= 0.3 is 5.97 Å². The molecule has 43 heavy (non-hydrogen) atoms. The van der Waals surface area contributed by atoms with Crippen molar-refractivity contribution < 1.29 is 9.53 Å². The second kappa shape index (κ2) is 11.4. The van der Waals surface area contributed by atoms with Gasteiger partial charge in [0.1, 0.15) is 6.10 Å². The van der Waals surface area contributed by atoms with Crippen molar-refractivity contribution in [1.29, 1.82) is 0 Å². The van der Waals surface area contributed by atoms with Gasteiger partial charge < -0.3 is 4.74 Å². The van der Waals surface area contributed by atoms with Crippen LogP contribution in [0.25, 0.3) is 21.5 Å². The number of rotatable bonds is 7. The molecule has 0 spiro atoms. The predicted molar refractivity (Wildman–Crippen MR) is 179 cm³/mol. The van der Waals surface area contributed by atoms with Gasteiger partial charge in [0.05, 0.1) is 5.56 Å². The molecule has 7 rings (SSSR count). The molecule has 0 radical (unpaired) electrons. The highest BCUT2D eigenvalue weighted by Crippen LogP contribution is 2.66. The summed E-state index contributed by atoms with van der Waals surface area (Å²) in [6.07, 6.45) is 18.3. The van der Waals surface area contributed by atoms with Crippen molar-refractivity contribution in [1.82, 2.24) is 0 Å². The molecule has 3 aromatic rings. The van der Waals surface area contributed by atoms with Gasteiger partial charge in [-0.25, -0.2) is 4.79 Å². The molecule has 228 valence electrons. The lowest BCUT2D eigenvalue weighted by molar-refractivity contribution is -0.0536. The van der Waals surface area contributed by atoms with Crippen LogP contribution < -0.4 is 0 Å². The van der Waals surface area contributed by atoms with Crippen molar-refractivity contribution in [3.63, 3.8) is 0 Å². The second-order valence-electron chi connectivity index (χ2n) is 15.8. The van der Waals surface area contributed by atoms with Gasteiger partial charge in [0.2, 0.25) is 0 Å². The molecule has 3 saturated carbocycles. The molecule has 3 aromatic carbocycles. The van der Waals surface area contributed by atoms with Gasteiger partial charge in [0.25, 0.3) is 0 Å². The van der Waals surface area contributed by atoms with Crippen LogP contribution in [0.1, 0.15) is 115 Å². The standard InChI is InChI=1S/C41H52O2/c1-27(2)9-5-8-12-33-16-18-37-36-17-15-34-26-35(19-21-41(34,4)38(36)20-22-40(33,37)3)43-39(42)31-14-13-30-23-28-10-6-7-11-29(28)24-32(30)25-31/h6-7,10-11,13-15,23-25,27,33,35-38H,5,8-9,12,16-22,26H2,1-4H3. The molecule has 4 aliphatic carbocycles. The molecule has 2 heteroatoms. The Morgan fingerprint density at radius 3 is 2.42 bits per heavy atom. The van der Waals surface area contributed by atoms with Gasteiger partial charge in [-0.05, 0) is 138 Å². The highest BCUT2D eigenvalue weighted by atomic mass is 16.5. The van der Waals surface area contributed by atoms with E-state index >= 15 is 0 Å². The van der Waals surface area contributed by atoms with Crippen LogP contribution in [-0.4, -0.2) is 12.1 Å². The normalized spacial score (nSPS) is 33.6. The molecule has 7 atom stereocenters. The third kappa shape index (κ3) is 5.25. The first-order valence-electron chi connectivity index (χ1n) is 17.6. The summed E-state index contributed by atoms with van der Waals surface area (Å²) in [7, 11) is 0. The van der Waals surface area contributed by atoms with Gasteiger partial charge in [0, 0.05) is 6.42 Å². The van der Waals surface area contributed by atoms with E-state index in [4.69, 9.17) is 4.74 Å². The summed E-state index contributed by atoms with van der Waals surface area (Å²) < 4.78 is 6.22. The first-order valence-corrected chi connectivity index (χ1v) is 17.6. The molecule has 2 nitrogen and oxygen atoms in total. The van der Waals surface area contributed by atoms with Gasteiger partial charge in [-0.2, -0.15) is 0 Å². The van der Waals surface area contributed by atoms with E-state index in [-0.39, 0.29) is 17.5 Å². The average molecular weight is 577 g/mol. The number of hydrogen-bond acceptors (Lipinski definition) is 2. The van der Waals surface area contributed by atoms with Crippen LogP contribution in [0.4, 0.5) is 0 Å². The average Bonchev–Trinajstić information content (AvgIpc) is 3.34. The zero-order valence-corrected chi connectivity index (χ0v) is 27.0. The number of benzene rings is 3. The molecule has 0 amide bonds. The summed E-state index contributed by atoms with van der Waals surface area (Å²) in [5, 5.41) is 4.69. The van der Waals surface area contributed by atoms with Gasteiger partial charge in [-0.3, -0.25) is 0 Å². The summed E-state index contributed by atoms with van der Waals surface area (Å²) in [5.74, 6) is 4.16. The van der Waals surface area contributed by atoms with E-state index in [1.165, 1.54) is 68.6 Å². The number of ether oxygens (including phenoxy) is 1. The molecule has 0 heterocycles. The molecule has 4 aliphatic rings. The zero-order valence-electron chi connectivity index (χ0n) is 27.0. The van der Waals surface area contributed by atoms with E-state index in [0.29, 0.717) is 11.0 Å². The summed E-state index contributed by atoms with van der Waals surface area (Å²) in [4.78, 5) is 13.4. The largest absolute Gasteiger partial charge is 0.458 e. The Morgan fingerprint density at radius 2 is 1.63 bits per heavy atom. The van der Waals surface area contributed by atoms with Crippen LogP contribution in [0.3, 0.4) is 0 Å². The molecule has 3 fully saturated rings. The smallest absolute Gasteiger partial charge is 0.338 e. The first-order chi connectivity index (χ1) is 20.7. The minimum atomic E-state index is -0.170. The Hall–Kier alpha value is -2.61. The topological polar surface area (TPSA) is 26.3 Å². The minimum Gasteiger partial charge on any atom is -0.458 e. The fraction of sp³-hybridized carbons (Fsp3) is 0.585. The number of allylic oxidation sites excluding steroid dienone is 1. The summed E-state index contributed by atoms with van der Waals surface area (Å²) in [5.41, 5.74) is 3.10. The van der Waals surface area contributed by atoms with Crippen molar-refractivity contribution in [2.45, 2.75) is 111 Å². The van der Waals surface area contributed by atoms with Crippen LogP contribution in [0, 0.1) is 40.4 Å². The van der Waals surface area contributed by atoms with Crippen LogP contribution >= 0.6 is 0 Å². The molecular formula is C41H52O2.